The molecule has 0 amide bonds. The molecule has 6 N–H and O–H groups in total. The number of carboxylic acids is 1. The molecular weight excluding hydrogens is 1160 g/mol. The predicted octanol–water partition coefficient (Wildman–Crippen LogP) is 5.30. The molecule has 2 aromatic rings. The number of methoxy groups -OCH3 is 2. The van der Waals surface area contributed by atoms with Crippen molar-refractivity contribution in [2.24, 2.45) is 28.8 Å². The highest BCUT2D eigenvalue weighted by Crippen LogP contribution is 2.43. The van der Waals surface area contributed by atoms with Crippen molar-refractivity contribution >= 4 is 51.8 Å². The number of cyclic esters (lactones) is 1. The van der Waals surface area contributed by atoms with Crippen LogP contribution in [-0.4, -0.2) is 224 Å². The lowest BCUT2D eigenvalue weighted by molar-refractivity contribution is -0.318. The van der Waals surface area contributed by atoms with Gasteiger partial charge in [0, 0.05) is 68.6 Å². The number of anilines is 1. The normalized spacial score (nSPS) is 35.2. The number of oxime groups is 1. The summed E-state index contributed by atoms with van der Waals surface area (Å²) in [5, 5.41) is 67.0. The fourth-order valence-corrected chi connectivity index (χ4v) is 12.6. The van der Waals surface area contributed by atoms with E-state index in [0.717, 1.165) is 12.8 Å². The highest BCUT2D eigenvalue weighted by Gasteiger charge is 2.54. The van der Waals surface area contributed by atoms with Crippen LogP contribution in [-0.2, 0) is 66.5 Å². The maximum Gasteiger partial charge on any atom is 0.341 e. The number of rotatable bonds is 26. The highest BCUT2D eigenvalue weighted by atomic mass is 35.5. The predicted molar refractivity (Wildman–Crippen MR) is 320 cm³/mol. The van der Waals surface area contributed by atoms with Crippen LogP contribution in [0.25, 0.3) is 10.9 Å². The standard InChI is InChI=1S/C61H97ClN4O21/c1-15-46-61(10,75)53(70)35(4)49(64-81-32-80-23-22-76-13)33(2)29-59(8,74)54(87-58-51(69)45(65(11)12)26-34(3)82-58)36(5)52(37(6)57(73)84-46)86-48-30-60(9,77-14)55(38(7)83-48)85-47(67)18-20-78-24-25-79-21-19-63-43-27-40-44(28-42(43)62)66(39-16-17-39)31-41(50(40)68)56(71)72/h27-28,31,33-39,45-46,48,51-55,58,63,69-70,74-75H,15-26,29-30,32H2,1-14H3,(H,71,72)/b64-49+/t33-,34-,35+,36+,37-,38+,45+,46-,48+,51-,52+,53-,54-,55+,58+,59-,60-,61-/m1/s1. The average Bonchev–Trinajstić information content (AvgIpc) is 1.91. The first-order chi connectivity index (χ1) is 41.0. The number of hydrogen-bond donors (Lipinski definition) is 6. The zero-order chi connectivity index (χ0) is 64.3. The minimum absolute atomic E-state index is 0.0106. The number of nitrogens with one attached hydrogen (secondary N) is 1. The summed E-state index contributed by atoms with van der Waals surface area (Å²) in [4.78, 5) is 60.6. The molecule has 1 saturated carbocycles. The van der Waals surface area contributed by atoms with Crippen LogP contribution >= 0.6 is 11.6 Å². The smallest absolute Gasteiger partial charge is 0.341 e. The number of halogens is 1. The molecule has 1 aromatic carbocycles. The second-order valence-electron chi connectivity index (χ2n) is 24.8. The maximum atomic E-state index is 14.7. The number of aromatic carboxylic acids is 1. The molecule has 1 aromatic heterocycles. The Hall–Kier alpha value is -4.16. The molecule has 4 aliphatic rings. The number of ether oxygens (including phenoxy) is 11. The van der Waals surface area contributed by atoms with Crippen molar-refractivity contribution in [2.45, 2.75) is 204 Å². The number of pyridine rings is 1. The number of nitrogens with zero attached hydrogens (tertiary/aromatic N) is 3. The molecule has 6 rings (SSSR count). The number of carboxylic acid groups (broad SMARTS) is 1. The number of fused-ring (bicyclic) bond motifs is 1. The molecule has 3 aliphatic heterocycles. The van der Waals surface area contributed by atoms with E-state index < -0.39 is 119 Å². The molecule has 4 heterocycles. The van der Waals surface area contributed by atoms with Gasteiger partial charge in [-0.05, 0) is 99.9 Å². The van der Waals surface area contributed by atoms with E-state index in [4.69, 9.17) is 68.5 Å². The topological polar surface area (TPSA) is 313 Å². The number of aliphatic hydroxyl groups excluding tert-OH is 2. The number of esters is 2. The zero-order valence-corrected chi connectivity index (χ0v) is 53.8. The summed E-state index contributed by atoms with van der Waals surface area (Å²) >= 11 is 6.59. The molecule has 4 fully saturated rings. The molecule has 18 atom stereocenters. The molecule has 0 radical (unpaired) electrons. The van der Waals surface area contributed by atoms with Gasteiger partial charge >= 0.3 is 17.9 Å². The van der Waals surface area contributed by atoms with Crippen molar-refractivity contribution in [1.29, 1.82) is 0 Å². The molecule has 494 valence electrons. The Morgan fingerprint density at radius 2 is 1.56 bits per heavy atom. The lowest BCUT2D eigenvalue weighted by Gasteiger charge is -2.49. The monoisotopic (exact) mass is 1260 g/mol. The summed E-state index contributed by atoms with van der Waals surface area (Å²) < 4.78 is 68.7. The van der Waals surface area contributed by atoms with E-state index in [1.165, 1.54) is 27.3 Å². The Bertz CT molecular complexity index is 2670. The van der Waals surface area contributed by atoms with Gasteiger partial charge in [-0.25, -0.2) is 4.79 Å². The lowest BCUT2D eigenvalue weighted by atomic mass is 9.73. The van der Waals surface area contributed by atoms with Gasteiger partial charge in [-0.3, -0.25) is 14.4 Å². The molecule has 0 unspecified atom stereocenters. The maximum absolute atomic E-state index is 14.7. The Morgan fingerprint density at radius 3 is 2.20 bits per heavy atom. The van der Waals surface area contributed by atoms with Crippen LogP contribution in [0, 0.1) is 23.7 Å². The highest BCUT2D eigenvalue weighted by molar-refractivity contribution is 6.34. The lowest BCUT2D eigenvalue weighted by Crippen LogP contribution is -2.61. The Labute approximate surface area is 515 Å². The van der Waals surface area contributed by atoms with Crippen molar-refractivity contribution in [2.75, 3.05) is 86.6 Å². The number of carbonyl (C=O) groups is 3. The molecule has 26 heteroatoms. The Kier molecular flexibility index (Phi) is 26.2. The van der Waals surface area contributed by atoms with Gasteiger partial charge in [0.05, 0.1) is 110 Å². The molecule has 1 aliphatic carbocycles. The van der Waals surface area contributed by atoms with Crippen molar-refractivity contribution in [1.82, 2.24) is 9.47 Å². The van der Waals surface area contributed by atoms with Gasteiger partial charge in [0.15, 0.2) is 18.7 Å². The van der Waals surface area contributed by atoms with Crippen LogP contribution in [0.3, 0.4) is 0 Å². The summed E-state index contributed by atoms with van der Waals surface area (Å²) in [6, 6.07) is 2.96. The van der Waals surface area contributed by atoms with E-state index in [1.807, 2.05) is 30.5 Å². The van der Waals surface area contributed by atoms with E-state index in [2.05, 4.69) is 10.5 Å². The van der Waals surface area contributed by atoms with E-state index >= 15 is 0 Å². The molecule has 3 saturated heterocycles. The number of benzene rings is 1. The van der Waals surface area contributed by atoms with E-state index in [0.29, 0.717) is 35.8 Å². The summed E-state index contributed by atoms with van der Waals surface area (Å²) in [5.41, 5.74) is -4.71. The number of likely N-dealkylation sites (N-methyl/N-ethyl adjacent to an activating group) is 1. The zero-order valence-electron chi connectivity index (χ0n) is 53.1. The third-order valence-corrected chi connectivity index (χ3v) is 17.8. The van der Waals surface area contributed by atoms with Crippen molar-refractivity contribution in [3.63, 3.8) is 0 Å². The summed E-state index contributed by atoms with van der Waals surface area (Å²) in [6.07, 6.45) is -7.51. The van der Waals surface area contributed by atoms with Gasteiger partial charge in [0.2, 0.25) is 12.2 Å². The second-order valence-corrected chi connectivity index (χ2v) is 25.2. The van der Waals surface area contributed by atoms with Gasteiger partial charge < -0.3 is 97.3 Å². The molecule has 0 spiro atoms. The third kappa shape index (κ3) is 18.1. The van der Waals surface area contributed by atoms with Gasteiger partial charge in [-0.1, -0.05) is 44.5 Å². The van der Waals surface area contributed by atoms with E-state index in [1.54, 1.807) is 67.5 Å². The van der Waals surface area contributed by atoms with Gasteiger partial charge in [0.1, 0.15) is 29.0 Å². The number of aromatic nitrogens is 1. The van der Waals surface area contributed by atoms with Crippen LogP contribution in [0.15, 0.2) is 28.3 Å². The first-order valence-electron chi connectivity index (χ1n) is 30.3. The van der Waals surface area contributed by atoms with Crippen LogP contribution in [0.5, 0.6) is 0 Å². The molecule has 87 heavy (non-hydrogen) atoms. The quantitative estimate of drug-likeness (QED) is 0.0301. The third-order valence-electron chi connectivity index (χ3n) is 17.5. The van der Waals surface area contributed by atoms with Crippen LogP contribution in [0.2, 0.25) is 5.02 Å². The Morgan fingerprint density at radius 1 is 0.885 bits per heavy atom. The van der Waals surface area contributed by atoms with E-state index in [9.17, 15) is 44.7 Å². The number of aliphatic hydroxyl groups is 4. The fourth-order valence-electron chi connectivity index (χ4n) is 12.4. The molecule has 0 bridgehead atoms. The molecule has 25 nitrogen and oxygen atoms in total. The van der Waals surface area contributed by atoms with Crippen molar-refractivity contribution in [3.8, 4) is 0 Å². The van der Waals surface area contributed by atoms with E-state index in [-0.39, 0.29) is 100 Å². The van der Waals surface area contributed by atoms with Gasteiger partial charge in [0.25, 0.3) is 0 Å². The number of carbonyl (C=O) groups excluding carboxylic acids is 2. The minimum atomic E-state index is -2.04. The summed E-state index contributed by atoms with van der Waals surface area (Å²) in [6.45, 7) is 17.9. The summed E-state index contributed by atoms with van der Waals surface area (Å²) in [5.74, 6) is -6.40. The summed E-state index contributed by atoms with van der Waals surface area (Å²) in [7, 11) is 6.69. The van der Waals surface area contributed by atoms with Gasteiger partial charge in [-0.2, -0.15) is 0 Å². The largest absolute Gasteiger partial charge is 0.477 e. The average molecular weight is 1260 g/mol. The second kappa shape index (κ2) is 31.7. The fraction of sp³-hybridized carbons (Fsp3) is 0.787. The first-order valence-corrected chi connectivity index (χ1v) is 30.7. The van der Waals surface area contributed by atoms with Crippen molar-refractivity contribution in [3.05, 3.63) is 39.1 Å². The Balaban J connectivity index is 1.14. The van der Waals surface area contributed by atoms with Crippen molar-refractivity contribution < 1.29 is 96.9 Å². The first kappa shape index (κ1) is 71.9. The van der Waals surface area contributed by atoms with Gasteiger partial charge in [-0.15, -0.1) is 0 Å². The number of hydrogen-bond acceptors (Lipinski definition) is 23. The minimum Gasteiger partial charge on any atom is -0.477 e. The molecular formula is C61H97ClN4O21. The SMILES string of the molecule is CC[C@H]1OC(=O)[C@H](C)[C@@H](O[C@H]2C[C@@](C)(OC)[C@@H](OC(=O)CCOCCOCCNc3cc4c(=O)c(C(=O)O)cn(C5CC5)c4cc3Cl)[C@H](C)O2)[C@H](C)[C@@H](O[C@@H]2O[C@H](C)C[C@H](N(C)C)[C@H]2O)[C@](C)(O)C[C@@H](C)/C(=N\OCOCCOC)[C@H](C)[C@@H](O)[C@]1(C)O. The van der Waals surface area contributed by atoms with Crippen LogP contribution in [0.4, 0.5) is 5.69 Å². The van der Waals surface area contributed by atoms with Crippen LogP contribution in [0.1, 0.15) is 131 Å². The van der Waals surface area contributed by atoms with Crippen LogP contribution < -0.4 is 10.7 Å².